The summed E-state index contributed by atoms with van der Waals surface area (Å²) in [6, 6.07) is 33.4. The quantitative estimate of drug-likeness (QED) is 0.356. The molecule has 0 unspecified atom stereocenters. The van der Waals surface area contributed by atoms with Gasteiger partial charge in [0.2, 0.25) is 0 Å². The van der Waals surface area contributed by atoms with Crippen LogP contribution in [-0.2, 0) is 19.5 Å². The molecule has 3 N–H and O–H groups in total. The van der Waals surface area contributed by atoms with E-state index in [-0.39, 0.29) is 0 Å². The Morgan fingerprint density at radius 1 is 0.750 bits per heavy atom. The Morgan fingerprint density at radius 2 is 1.25 bits per heavy atom. The van der Waals surface area contributed by atoms with E-state index in [2.05, 4.69) is 83.0 Å². The van der Waals surface area contributed by atoms with Crippen molar-refractivity contribution in [3.05, 3.63) is 119 Å². The van der Waals surface area contributed by atoms with E-state index in [0.29, 0.717) is 5.69 Å². The van der Waals surface area contributed by atoms with E-state index in [1.54, 1.807) is 0 Å². The maximum atomic E-state index is 6.67. The number of nitrogen functional groups attached to an aromatic ring is 1. The van der Waals surface area contributed by atoms with Crippen molar-refractivity contribution in [2.45, 2.75) is 26.4 Å². The lowest BCUT2D eigenvalue weighted by Crippen LogP contribution is -2.25. The summed E-state index contributed by atoms with van der Waals surface area (Å²) in [6.07, 6.45) is 0.939. The van der Waals surface area contributed by atoms with Gasteiger partial charge in [-0.15, -0.1) is 0 Å². The predicted molar refractivity (Wildman–Crippen MR) is 135 cm³/mol. The molecule has 4 aromatic rings. The molecular formula is C28H30N4. The van der Waals surface area contributed by atoms with Gasteiger partial charge in [0.15, 0.2) is 5.82 Å². The van der Waals surface area contributed by atoms with Gasteiger partial charge in [-0.05, 0) is 36.1 Å². The van der Waals surface area contributed by atoms with Crippen LogP contribution < -0.4 is 16.0 Å². The number of aromatic nitrogens is 1. The number of pyridine rings is 1. The maximum absolute atomic E-state index is 6.67. The van der Waals surface area contributed by atoms with Crippen LogP contribution in [-0.4, -0.2) is 11.5 Å². The van der Waals surface area contributed by atoms with E-state index < -0.39 is 0 Å². The molecule has 0 bridgehead atoms. The number of benzene rings is 3. The molecule has 0 amide bonds. The van der Waals surface area contributed by atoms with Crippen molar-refractivity contribution in [3.63, 3.8) is 0 Å². The van der Waals surface area contributed by atoms with Gasteiger partial charge in [-0.25, -0.2) is 4.98 Å². The Bertz CT molecular complexity index is 1070. The molecule has 0 aliphatic rings. The Hall–Kier alpha value is -3.79. The molecule has 162 valence electrons. The maximum Gasteiger partial charge on any atom is 0.154 e. The number of nitrogens with two attached hydrogens (primary N) is 1. The Balaban J connectivity index is 1.59. The summed E-state index contributed by atoms with van der Waals surface area (Å²) in [7, 11) is 0. The molecule has 4 rings (SSSR count). The van der Waals surface area contributed by atoms with Crippen molar-refractivity contribution in [3.8, 4) is 0 Å². The molecule has 0 saturated carbocycles. The van der Waals surface area contributed by atoms with E-state index in [4.69, 9.17) is 10.7 Å². The van der Waals surface area contributed by atoms with Crippen LogP contribution in [0.2, 0.25) is 0 Å². The van der Waals surface area contributed by atoms with Gasteiger partial charge in [0.05, 0.1) is 11.4 Å². The predicted octanol–water partition coefficient (Wildman–Crippen LogP) is 5.83. The van der Waals surface area contributed by atoms with Crippen molar-refractivity contribution in [1.82, 2.24) is 4.98 Å². The van der Waals surface area contributed by atoms with Crippen molar-refractivity contribution in [1.29, 1.82) is 0 Å². The molecule has 4 heteroatoms. The van der Waals surface area contributed by atoms with Gasteiger partial charge in [0.25, 0.3) is 0 Å². The molecule has 0 aliphatic carbocycles. The number of anilines is 3. The molecule has 0 spiro atoms. The Labute approximate surface area is 190 Å². The first-order valence-electron chi connectivity index (χ1n) is 11.1. The topological polar surface area (TPSA) is 54.2 Å². The molecule has 0 aliphatic heterocycles. The summed E-state index contributed by atoms with van der Waals surface area (Å²) < 4.78 is 0. The normalized spacial score (nSPS) is 10.7. The van der Waals surface area contributed by atoms with Crippen LogP contribution in [0.3, 0.4) is 0 Å². The largest absolute Gasteiger partial charge is 0.394 e. The lowest BCUT2D eigenvalue weighted by molar-refractivity contribution is 0.782. The zero-order valence-electron chi connectivity index (χ0n) is 18.5. The van der Waals surface area contributed by atoms with E-state index >= 15 is 0 Å². The van der Waals surface area contributed by atoms with Crippen molar-refractivity contribution >= 4 is 17.2 Å². The highest BCUT2D eigenvalue weighted by Gasteiger charge is 2.17. The number of hydrogen-bond acceptors (Lipinski definition) is 4. The third-order valence-corrected chi connectivity index (χ3v) is 5.47. The molecular weight excluding hydrogens is 392 g/mol. The summed E-state index contributed by atoms with van der Waals surface area (Å²) in [4.78, 5) is 7.11. The summed E-state index contributed by atoms with van der Waals surface area (Å²) in [5.41, 5.74) is 13.0. The molecule has 0 radical (unpaired) electrons. The minimum atomic E-state index is 0.690. The monoisotopic (exact) mass is 422 g/mol. The fraction of sp³-hybridized carbons (Fsp3) is 0.179. The average Bonchev–Trinajstić information content (AvgIpc) is 2.83. The number of nitrogens with zero attached hydrogens (tertiary/aromatic N) is 2. The van der Waals surface area contributed by atoms with Gasteiger partial charge in [-0.2, -0.15) is 0 Å². The Kier molecular flexibility index (Phi) is 7.03. The highest BCUT2D eigenvalue weighted by atomic mass is 15.2. The molecule has 1 aromatic heterocycles. The number of hydrogen-bond donors (Lipinski definition) is 2. The van der Waals surface area contributed by atoms with Crippen molar-refractivity contribution < 1.29 is 0 Å². The highest BCUT2D eigenvalue weighted by molar-refractivity contribution is 5.78. The fourth-order valence-electron chi connectivity index (χ4n) is 3.85. The van der Waals surface area contributed by atoms with Crippen LogP contribution in [0.25, 0.3) is 0 Å². The van der Waals surface area contributed by atoms with Crippen LogP contribution in [0.5, 0.6) is 0 Å². The SMILES string of the molecule is Cc1cc(NCCc2ccccc2)c(N)c(N(Cc2ccccc2)Cc2ccccc2)n1. The average molecular weight is 423 g/mol. The molecule has 0 atom stereocenters. The molecule has 0 fully saturated rings. The smallest absolute Gasteiger partial charge is 0.154 e. The van der Waals surface area contributed by atoms with Crippen LogP contribution >= 0.6 is 0 Å². The van der Waals surface area contributed by atoms with Gasteiger partial charge in [-0.3, -0.25) is 0 Å². The third kappa shape index (κ3) is 5.67. The number of aryl methyl sites for hydroxylation is 1. The molecule has 1 heterocycles. The first kappa shape index (κ1) is 21.4. The minimum absolute atomic E-state index is 0.690. The van der Waals surface area contributed by atoms with Crippen LogP contribution in [0, 0.1) is 6.92 Å². The zero-order chi connectivity index (χ0) is 22.2. The first-order valence-corrected chi connectivity index (χ1v) is 11.1. The van der Waals surface area contributed by atoms with E-state index in [9.17, 15) is 0 Å². The zero-order valence-corrected chi connectivity index (χ0v) is 18.5. The second-order valence-electron chi connectivity index (χ2n) is 8.04. The van der Waals surface area contributed by atoms with Gasteiger partial charge >= 0.3 is 0 Å². The van der Waals surface area contributed by atoms with E-state index in [1.807, 2.05) is 31.2 Å². The summed E-state index contributed by atoms with van der Waals surface area (Å²) in [5, 5.41) is 3.53. The second kappa shape index (κ2) is 10.5. The summed E-state index contributed by atoms with van der Waals surface area (Å²) in [6.45, 7) is 4.31. The molecule has 32 heavy (non-hydrogen) atoms. The first-order chi connectivity index (χ1) is 15.7. The van der Waals surface area contributed by atoms with Crippen molar-refractivity contribution in [2.75, 3.05) is 22.5 Å². The summed E-state index contributed by atoms with van der Waals surface area (Å²) >= 11 is 0. The van der Waals surface area contributed by atoms with Crippen molar-refractivity contribution in [2.24, 2.45) is 0 Å². The number of nitrogens with one attached hydrogen (secondary N) is 1. The molecule has 3 aromatic carbocycles. The van der Waals surface area contributed by atoms with Gasteiger partial charge in [-0.1, -0.05) is 91.0 Å². The third-order valence-electron chi connectivity index (χ3n) is 5.47. The Morgan fingerprint density at radius 3 is 1.78 bits per heavy atom. The van der Waals surface area contributed by atoms with Gasteiger partial charge < -0.3 is 16.0 Å². The van der Waals surface area contributed by atoms with Gasteiger partial charge in [0.1, 0.15) is 0 Å². The highest BCUT2D eigenvalue weighted by Crippen LogP contribution is 2.31. The molecule has 0 saturated heterocycles. The van der Waals surface area contributed by atoms with Gasteiger partial charge in [0, 0.05) is 25.3 Å². The van der Waals surface area contributed by atoms with Crippen LogP contribution in [0.4, 0.5) is 17.2 Å². The lowest BCUT2D eigenvalue weighted by Gasteiger charge is -2.27. The van der Waals surface area contributed by atoms with E-state index in [1.165, 1.54) is 16.7 Å². The van der Waals surface area contributed by atoms with Crippen LogP contribution in [0.15, 0.2) is 97.1 Å². The van der Waals surface area contributed by atoms with Crippen LogP contribution in [0.1, 0.15) is 22.4 Å². The minimum Gasteiger partial charge on any atom is -0.394 e. The number of rotatable bonds is 9. The second-order valence-corrected chi connectivity index (χ2v) is 8.04. The molecule has 4 nitrogen and oxygen atoms in total. The summed E-state index contributed by atoms with van der Waals surface area (Å²) in [5.74, 6) is 0.819. The van der Waals surface area contributed by atoms with E-state index in [0.717, 1.165) is 43.3 Å². The fourth-order valence-corrected chi connectivity index (χ4v) is 3.85. The standard InChI is InChI=1S/C28H30N4/c1-22-19-26(30-18-17-23-11-5-2-6-12-23)27(29)28(31-22)32(20-24-13-7-3-8-14-24)21-25-15-9-4-10-16-25/h2-16,19H,17-18,20-21,29H2,1H3,(H,30,31). The lowest BCUT2D eigenvalue weighted by atomic mass is 10.1.